The van der Waals surface area contributed by atoms with E-state index in [-0.39, 0.29) is 24.5 Å². The highest BCUT2D eigenvalue weighted by molar-refractivity contribution is 5.95. The third-order valence-electron chi connectivity index (χ3n) is 5.97. The van der Waals surface area contributed by atoms with E-state index in [0.29, 0.717) is 41.7 Å². The predicted molar refractivity (Wildman–Crippen MR) is 119 cm³/mol. The highest BCUT2D eigenvalue weighted by atomic mass is 16.5. The van der Waals surface area contributed by atoms with Gasteiger partial charge in [0.25, 0.3) is 11.8 Å². The van der Waals surface area contributed by atoms with Gasteiger partial charge in [-0.3, -0.25) is 9.59 Å². The molecule has 0 unspecified atom stereocenters. The van der Waals surface area contributed by atoms with Gasteiger partial charge in [-0.2, -0.15) is 0 Å². The van der Waals surface area contributed by atoms with E-state index in [1.165, 1.54) is 0 Å². The van der Waals surface area contributed by atoms with Crippen molar-refractivity contribution in [3.05, 3.63) is 47.5 Å². The van der Waals surface area contributed by atoms with Crippen LogP contribution in [0.1, 0.15) is 60.5 Å². The van der Waals surface area contributed by atoms with Crippen molar-refractivity contribution in [1.29, 1.82) is 0 Å². The number of aromatic nitrogens is 2. The molecule has 0 radical (unpaired) electrons. The van der Waals surface area contributed by atoms with Gasteiger partial charge in [0, 0.05) is 31.9 Å². The van der Waals surface area contributed by atoms with E-state index in [4.69, 9.17) is 9.47 Å². The molecule has 0 N–H and O–H groups in total. The van der Waals surface area contributed by atoms with E-state index in [9.17, 15) is 9.59 Å². The maximum Gasteiger partial charge on any atom is 0.261 e. The van der Waals surface area contributed by atoms with Gasteiger partial charge in [-0.05, 0) is 51.7 Å². The standard InChI is InChI=1S/C24H30N4O4/c1-3-31-18-8-6-9-19(14-18)32-16-22(29)28-13-7-10-21(28)23-25-15-20(17(2)26-23)24(30)27-11-4-5-12-27/h6,8-9,14-15,21H,3-5,7,10-13,16H2,1-2H3/t21-/m1/s1. The average Bonchev–Trinajstić information content (AvgIpc) is 3.50. The van der Waals surface area contributed by atoms with E-state index in [1.54, 1.807) is 23.2 Å². The van der Waals surface area contributed by atoms with E-state index in [1.807, 2.05) is 30.9 Å². The minimum Gasteiger partial charge on any atom is -0.494 e. The van der Waals surface area contributed by atoms with Crippen molar-refractivity contribution < 1.29 is 19.1 Å². The molecule has 2 aliphatic heterocycles. The first-order valence-electron chi connectivity index (χ1n) is 11.3. The van der Waals surface area contributed by atoms with Crippen LogP contribution in [0, 0.1) is 6.92 Å². The molecular formula is C24H30N4O4. The number of amides is 2. The molecule has 0 aliphatic carbocycles. The second-order valence-electron chi connectivity index (χ2n) is 8.17. The molecule has 8 nitrogen and oxygen atoms in total. The molecule has 2 aromatic rings. The molecule has 0 bridgehead atoms. The van der Waals surface area contributed by atoms with Gasteiger partial charge >= 0.3 is 0 Å². The average molecular weight is 439 g/mol. The van der Waals surface area contributed by atoms with E-state index in [2.05, 4.69) is 9.97 Å². The van der Waals surface area contributed by atoms with Crippen LogP contribution in [0.2, 0.25) is 0 Å². The van der Waals surface area contributed by atoms with E-state index in [0.717, 1.165) is 38.8 Å². The van der Waals surface area contributed by atoms with E-state index < -0.39 is 0 Å². The number of nitrogens with zero attached hydrogens (tertiary/aromatic N) is 4. The van der Waals surface area contributed by atoms with Crippen LogP contribution >= 0.6 is 0 Å². The van der Waals surface area contributed by atoms with Crippen molar-refractivity contribution >= 4 is 11.8 Å². The summed E-state index contributed by atoms with van der Waals surface area (Å²) in [6.07, 6.45) is 5.38. The van der Waals surface area contributed by atoms with Crippen LogP contribution in [0.4, 0.5) is 0 Å². The third-order valence-corrected chi connectivity index (χ3v) is 5.97. The van der Waals surface area contributed by atoms with Crippen LogP contribution in [0.3, 0.4) is 0 Å². The smallest absolute Gasteiger partial charge is 0.261 e. The largest absolute Gasteiger partial charge is 0.494 e. The van der Waals surface area contributed by atoms with Gasteiger partial charge in [0.1, 0.15) is 11.5 Å². The molecule has 1 aromatic carbocycles. The number of aryl methyl sites for hydroxylation is 1. The van der Waals surface area contributed by atoms with Crippen LogP contribution < -0.4 is 9.47 Å². The van der Waals surface area contributed by atoms with Crippen LogP contribution in [-0.2, 0) is 4.79 Å². The van der Waals surface area contributed by atoms with E-state index >= 15 is 0 Å². The zero-order chi connectivity index (χ0) is 22.5. The van der Waals surface area contributed by atoms with Gasteiger partial charge in [0.05, 0.1) is 23.9 Å². The first-order chi connectivity index (χ1) is 15.6. The number of ether oxygens (including phenoxy) is 2. The number of hydrogen-bond donors (Lipinski definition) is 0. The number of rotatable bonds is 7. The molecule has 170 valence electrons. The summed E-state index contributed by atoms with van der Waals surface area (Å²) >= 11 is 0. The number of likely N-dealkylation sites (tertiary alicyclic amines) is 2. The van der Waals surface area contributed by atoms with Crippen LogP contribution in [0.5, 0.6) is 11.5 Å². The van der Waals surface area contributed by atoms with Gasteiger partial charge in [-0.1, -0.05) is 6.07 Å². The molecule has 1 aromatic heterocycles. The molecule has 4 rings (SSSR count). The Bertz CT molecular complexity index is 974. The summed E-state index contributed by atoms with van der Waals surface area (Å²) in [5, 5.41) is 0. The molecule has 3 heterocycles. The minimum absolute atomic E-state index is 0.00594. The highest BCUT2D eigenvalue weighted by Crippen LogP contribution is 2.30. The number of hydrogen-bond acceptors (Lipinski definition) is 6. The monoisotopic (exact) mass is 438 g/mol. The van der Waals surface area contributed by atoms with Crippen molar-refractivity contribution in [3.8, 4) is 11.5 Å². The Morgan fingerprint density at radius 2 is 1.84 bits per heavy atom. The summed E-state index contributed by atoms with van der Waals surface area (Å²) in [6.45, 7) is 6.49. The van der Waals surface area contributed by atoms with Gasteiger partial charge in [-0.25, -0.2) is 9.97 Å². The van der Waals surface area contributed by atoms with Gasteiger partial charge in [-0.15, -0.1) is 0 Å². The minimum atomic E-state index is -0.199. The second kappa shape index (κ2) is 9.97. The fraction of sp³-hybridized carbons (Fsp3) is 0.500. The molecule has 2 saturated heterocycles. The summed E-state index contributed by atoms with van der Waals surface area (Å²) in [6, 6.07) is 7.08. The zero-order valence-electron chi connectivity index (χ0n) is 18.7. The highest BCUT2D eigenvalue weighted by Gasteiger charge is 2.33. The molecule has 1 atom stereocenters. The first kappa shape index (κ1) is 22.0. The summed E-state index contributed by atoms with van der Waals surface area (Å²) < 4.78 is 11.2. The van der Waals surface area contributed by atoms with Crippen LogP contribution in [-0.4, -0.2) is 64.4 Å². The lowest BCUT2D eigenvalue weighted by Crippen LogP contribution is -2.35. The second-order valence-corrected chi connectivity index (χ2v) is 8.17. The number of carbonyl (C=O) groups excluding carboxylic acids is 2. The van der Waals surface area contributed by atoms with Crippen molar-refractivity contribution in [1.82, 2.24) is 19.8 Å². The maximum atomic E-state index is 12.9. The summed E-state index contributed by atoms with van der Waals surface area (Å²) in [4.78, 5) is 38.4. The Hall–Kier alpha value is -3.16. The van der Waals surface area contributed by atoms with Crippen LogP contribution in [0.25, 0.3) is 0 Å². The van der Waals surface area contributed by atoms with Crippen LogP contribution in [0.15, 0.2) is 30.5 Å². The Morgan fingerprint density at radius 1 is 1.09 bits per heavy atom. The van der Waals surface area contributed by atoms with Crippen molar-refractivity contribution in [2.45, 2.75) is 45.6 Å². The molecule has 2 amide bonds. The maximum absolute atomic E-state index is 12.9. The Morgan fingerprint density at radius 3 is 2.56 bits per heavy atom. The molecule has 0 saturated carbocycles. The fourth-order valence-corrected chi connectivity index (χ4v) is 4.33. The van der Waals surface area contributed by atoms with Crippen molar-refractivity contribution in [3.63, 3.8) is 0 Å². The zero-order valence-corrected chi connectivity index (χ0v) is 18.7. The molecular weight excluding hydrogens is 408 g/mol. The summed E-state index contributed by atoms with van der Waals surface area (Å²) in [7, 11) is 0. The van der Waals surface area contributed by atoms with Gasteiger partial charge < -0.3 is 19.3 Å². The lowest BCUT2D eigenvalue weighted by molar-refractivity contribution is -0.134. The molecule has 0 spiro atoms. The summed E-state index contributed by atoms with van der Waals surface area (Å²) in [5.41, 5.74) is 1.21. The Labute approximate surface area is 188 Å². The summed E-state index contributed by atoms with van der Waals surface area (Å²) in [5.74, 6) is 1.78. The number of benzene rings is 1. The van der Waals surface area contributed by atoms with Gasteiger partial charge in [0.2, 0.25) is 0 Å². The van der Waals surface area contributed by atoms with Crippen molar-refractivity contribution in [2.75, 3.05) is 32.8 Å². The first-order valence-corrected chi connectivity index (χ1v) is 11.3. The number of carbonyl (C=O) groups is 2. The topological polar surface area (TPSA) is 84.9 Å². The lowest BCUT2D eigenvalue weighted by atomic mass is 10.1. The normalized spacial score (nSPS) is 18.1. The van der Waals surface area contributed by atoms with Crippen molar-refractivity contribution in [2.24, 2.45) is 0 Å². The predicted octanol–water partition coefficient (Wildman–Crippen LogP) is 3.16. The Kier molecular flexibility index (Phi) is 6.87. The SMILES string of the molecule is CCOc1cccc(OCC(=O)N2CCC[C@@H]2c2ncc(C(=O)N3CCCC3)c(C)n2)c1. The quantitative estimate of drug-likeness (QED) is 0.660. The molecule has 2 fully saturated rings. The lowest BCUT2D eigenvalue weighted by Gasteiger charge is -2.24. The van der Waals surface area contributed by atoms with Gasteiger partial charge in [0.15, 0.2) is 12.4 Å². The Balaban J connectivity index is 1.41. The molecule has 2 aliphatic rings. The molecule has 8 heteroatoms. The molecule has 32 heavy (non-hydrogen) atoms. The fourth-order valence-electron chi connectivity index (χ4n) is 4.33. The third kappa shape index (κ3) is 4.84.